The van der Waals surface area contributed by atoms with E-state index in [1.54, 1.807) is 24.2 Å². The van der Waals surface area contributed by atoms with Crippen molar-refractivity contribution in [2.45, 2.75) is 6.54 Å². The van der Waals surface area contributed by atoms with Crippen LogP contribution in [0.2, 0.25) is 0 Å². The highest BCUT2D eigenvalue weighted by Crippen LogP contribution is 2.27. The van der Waals surface area contributed by atoms with Gasteiger partial charge < -0.3 is 9.64 Å². The number of carbonyl (C=O) groups is 1. The second-order valence-corrected chi connectivity index (χ2v) is 8.22. The molecule has 8 heteroatoms. The summed E-state index contributed by atoms with van der Waals surface area (Å²) in [5, 5.41) is 5.13. The predicted molar refractivity (Wildman–Crippen MR) is 126 cm³/mol. The van der Waals surface area contributed by atoms with Crippen LogP contribution in [0.5, 0.6) is 5.75 Å². The quantitative estimate of drug-likeness (QED) is 0.473. The highest BCUT2D eigenvalue weighted by molar-refractivity contribution is 6.06. The van der Waals surface area contributed by atoms with Crippen molar-refractivity contribution in [2.24, 2.45) is 7.05 Å². The topological polar surface area (TPSA) is 76.4 Å². The first kappa shape index (κ1) is 21.1. The number of piperazine rings is 1. The number of hydrogen-bond acceptors (Lipinski definition) is 6. The third-order valence-corrected chi connectivity index (χ3v) is 6.11. The fraction of sp³-hybridized carbons (Fsp3) is 0.280. The van der Waals surface area contributed by atoms with Gasteiger partial charge in [-0.15, -0.1) is 0 Å². The Morgan fingerprint density at radius 3 is 2.55 bits per heavy atom. The van der Waals surface area contributed by atoms with Crippen molar-refractivity contribution in [1.29, 1.82) is 0 Å². The smallest absolute Gasteiger partial charge is 0.254 e. The standard InChI is InChI=1S/C25H26N6O2/c1-29-24-22(16-27-29)21(14-23(28-24)19-5-7-20(33-2)8-6-19)25(32)31-12-10-30(11-13-31)17-18-4-3-9-26-15-18/h3-9,14-16H,10-13,17H2,1-2H3. The number of carbonyl (C=O) groups excluding carboxylic acids is 1. The molecular weight excluding hydrogens is 416 g/mol. The molecular formula is C25H26N6O2. The summed E-state index contributed by atoms with van der Waals surface area (Å²) in [7, 11) is 3.49. The zero-order chi connectivity index (χ0) is 22.8. The number of aryl methyl sites for hydroxylation is 1. The summed E-state index contributed by atoms with van der Waals surface area (Å²) >= 11 is 0. The summed E-state index contributed by atoms with van der Waals surface area (Å²) in [4.78, 5) is 26.8. The molecule has 0 aliphatic carbocycles. The average Bonchev–Trinajstić information content (AvgIpc) is 3.25. The van der Waals surface area contributed by atoms with Gasteiger partial charge >= 0.3 is 0 Å². The van der Waals surface area contributed by atoms with Crippen molar-refractivity contribution in [2.75, 3.05) is 33.3 Å². The van der Waals surface area contributed by atoms with Crippen LogP contribution in [0.25, 0.3) is 22.3 Å². The fourth-order valence-corrected chi connectivity index (χ4v) is 4.23. The molecule has 0 saturated carbocycles. The Morgan fingerprint density at radius 1 is 1.06 bits per heavy atom. The molecule has 1 fully saturated rings. The van der Waals surface area contributed by atoms with E-state index in [4.69, 9.17) is 9.72 Å². The van der Waals surface area contributed by atoms with E-state index in [-0.39, 0.29) is 5.91 Å². The molecule has 0 radical (unpaired) electrons. The maximum atomic E-state index is 13.6. The van der Waals surface area contributed by atoms with Crippen LogP contribution in [0.3, 0.4) is 0 Å². The van der Waals surface area contributed by atoms with Gasteiger partial charge in [-0.25, -0.2) is 4.98 Å². The Hall–Kier alpha value is -3.78. The van der Waals surface area contributed by atoms with E-state index >= 15 is 0 Å². The minimum atomic E-state index is 0.0196. The summed E-state index contributed by atoms with van der Waals surface area (Å²) < 4.78 is 6.98. The Bertz CT molecular complexity index is 1260. The number of nitrogens with zero attached hydrogens (tertiary/aromatic N) is 6. The molecule has 33 heavy (non-hydrogen) atoms. The first-order chi connectivity index (χ1) is 16.1. The predicted octanol–water partition coefficient (Wildman–Crippen LogP) is 3.00. The van der Waals surface area contributed by atoms with Crippen molar-refractivity contribution in [3.8, 4) is 17.0 Å². The molecule has 0 spiro atoms. The van der Waals surface area contributed by atoms with Gasteiger partial charge in [-0.05, 0) is 42.0 Å². The number of fused-ring (bicyclic) bond motifs is 1. The lowest BCUT2D eigenvalue weighted by molar-refractivity contribution is 0.0630. The highest BCUT2D eigenvalue weighted by atomic mass is 16.5. The van der Waals surface area contributed by atoms with E-state index in [9.17, 15) is 4.79 Å². The van der Waals surface area contributed by atoms with Gasteiger partial charge in [0.15, 0.2) is 5.65 Å². The molecule has 8 nitrogen and oxygen atoms in total. The molecule has 1 aliphatic heterocycles. The van der Waals surface area contributed by atoms with E-state index in [0.29, 0.717) is 24.3 Å². The average molecular weight is 443 g/mol. The lowest BCUT2D eigenvalue weighted by Gasteiger charge is -2.34. The van der Waals surface area contributed by atoms with Crippen molar-refractivity contribution < 1.29 is 9.53 Å². The van der Waals surface area contributed by atoms with Crippen molar-refractivity contribution >= 4 is 16.9 Å². The molecule has 4 heterocycles. The van der Waals surface area contributed by atoms with Crippen LogP contribution in [-0.2, 0) is 13.6 Å². The Labute approximate surface area is 192 Å². The van der Waals surface area contributed by atoms with Crippen LogP contribution in [0, 0.1) is 0 Å². The van der Waals surface area contributed by atoms with E-state index in [0.717, 1.165) is 42.0 Å². The Kier molecular flexibility index (Phi) is 5.75. The molecule has 0 atom stereocenters. The number of amides is 1. The lowest BCUT2D eigenvalue weighted by atomic mass is 10.1. The molecule has 1 saturated heterocycles. The minimum Gasteiger partial charge on any atom is -0.497 e. The number of pyridine rings is 2. The molecule has 0 unspecified atom stereocenters. The third-order valence-electron chi connectivity index (χ3n) is 6.11. The molecule has 1 aromatic carbocycles. The van der Waals surface area contributed by atoms with Gasteiger partial charge in [0.25, 0.3) is 5.91 Å². The van der Waals surface area contributed by atoms with Gasteiger partial charge in [0, 0.05) is 57.7 Å². The molecule has 3 aromatic heterocycles. The maximum absolute atomic E-state index is 13.6. The molecule has 4 aromatic rings. The summed E-state index contributed by atoms with van der Waals surface area (Å²) in [6.07, 6.45) is 5.41. The zero-order valence-corrected chi connectivity index (χ0v) is 18.8. The largest absolute Gasteiger partial charge is 0.497 e. The second-order valence-electron chi connectivity index (χ2n) is 8.22. The van der Waals surface area contributed by atoms with Crippen LogP contribution in [0.4, 0.5) is 0 Å². The number of rotatable bonds is 5. The lowest BCUT2D eigenvalue weighted by Crippen LogP contribution is -2.48. The van der Waals surface area contributed by atoms with Crippen molar-refractivity contribution in [3.63, 3.8) is 0 Å². The minimum absolute atomic E-state index is 0.0196. The zero-order valence-electron chi connectivity index (χ0n) is 18.8. The molecule has 1 amide bonds. The maximum Gasteiger partial charge on any atom is 0.254 e. The van der Waals surface area contributed by atoms with Crippen LogP contribution in [0.1, 0.15) is 15.9 Å². The normalized spacial score (nSPS) is 14.5. The number of benzene rings is 1. The number of methoxy groups -OCH3 is 1. The number of aromatic nitrogens is 4. The SMILES string of the molecule is COc1ccc(-c2cc(C(=O)N3CCN(Cc4cccnc4)CC3)c3cnn(C)c3n2)cc1. The number of ether oxygens (including phenoxy) is 1. The Morgan fingerprint density at radius 2 is 1.85 bits per heavy atom. The first-order valence-electron chi connectivity index (χ1n) is 11.0. The summed E-state index contributed by atoms with van der Waals surface area (Å²) in [5.41, 5.74) is 4.19. The second kappa shape index (κ2) is 8.99. The Balaban J connectivity index is 1.39. The van der Waals surface area contributed by atoms with Crippen molar-refractivity contribution in [3.05, 3.63) is 72.2 Å². The first-order valence-corrected chi connectivity index (χ1v) is 11.0. The summed E-state index contributed by atoms with van der Waals surface area (Å²) in [6.45, 7) is 3.86. The van der Waals surface area contributed by atoms with Crippen molar-refractivity contribution in [1.82, 2.24) is 29.5 Å². The van der Waals surface area contributed by atoms with Crippen LogP contribution in [0.15, 0.2) is 61.1 Å². The van der Waals surface area contributed by atoms with Crippen LogP contribution >= 0.6 is 0 Å². The van der Waals surface area contributed by atoms with Gasteiger partial charge in [-0.2, -0.15) is 5.10 Å². The summed E-state index contributed by atoms with van der Waals surface area (Å²) in [5.74, 6) is 0.798. The van der Waals surface area contributed by atoms with Crippen LogP contribution in [-0.4, -0.2) is 68.7 Å². The van der Waals surface area contributed by atoms with Gasteiger partial charge in [0.05, 0.1) is 30.0 Å². The summed E-state index contributed by atoms with van der Waals surface area (Å²) in [6, 6.07) is 13.6. The van der Waals surface area contributed by atoms with E-state index in [1.807, 2.05) is 54.5 Å². The monoisotopic (exact) mass is 442 g/mol. The highest BCUT2D eigenvalue weighted by Gasteiger charge is 2.25. The molecule has 0 N–H and O–H groups in total. The van der Waals surface area contributed by atoms with E-state index < -0.39 is 0 Å². The molecule has 5 rings (SSSR count). The number of hydrogen-bond donors (Lipinski definition) is 0. The fourth-order valence-electron chi connectivity index (χ4n) is 4.23. The van der Waals surface area contributed by atoms with E-state index in [1.165, 1.54) is 5.56 Å². The van der Waals surface area contributed by atoms with Gasteiger partial charge in [0.2, 0.25) is 0 Å². The third kappa shape index (κ3) is 4.29. The molecule has 1 aliphatic rings. The van der Waals surface area contributed by atoms with E-state index in [2.05, 4.69) is 21.0 Å². The van der Waals surface area contributed by atoms with Gasteiger partial charge in [0.1, 0.15) is 5.75 Å². The molecule has 0 bridgehead atoms. The van der Waals surface area contributed by atoms with Gasteiger partial charge in [-0.1, -0.05) is 6.07 Å². The van der Waals surface area contributed by atoms with Crippen LogP contribution < -0.4 is 4.74 Å². The molecule has 168 valence electrons. The van der Waals surface area contributed by atoms with Gasteiger partial charge in [-0.3, -0.25) is 19.4 Å².